The van der Waals surface area contributed by atoms with Gasteiger partial charge >= 0.3 is 5.97 Å². The number of carbonyl (C=O) groups excluding carboxylic acids is 1. The van der Waals surface area contributed by atoms with Crippen LogP contribution >= 0.6 is 0 Å². The summed E-state index contributed by atoms with van der Waals surface area (Å²) in [6.07, 6.45) is 4.78. The highest BCUT2D eigenvalue weighted by Crippen LogP contribution is 2.33. The van der Waals surface area contributed by atoms with Gasteiger partial charge in [0, 0.05) is 5.57 Å². The van der Waals surface area contributed by atoms with E-state index < -0.39 is 24.1 Å². The zero-order valence-electron chi connectivity index (χ0n) is 11.1. The molecule has 1 unspecified atom stereocenters. The first-order chi connectivity index (χ1) is 9.02. The van der Waals surface area contributed by atoms with Gasteiger partial charge in [0.25, 0.3) is 0 Å². The minimum absolute atomic E-state index is 0.0495. The van der Waals surface area contributed by atoms with Crippen LogP contribution in [0.2, 0.25) is 0 Å². The molecule has 104 valence electrons. The van der Waals surface area contributed by atoms with Crippen LogP contribution in [0.3, 0.4) is 0 Å². The van der Waals surface area contributed by atoms with Gasteiger partial charge in [-0.05, 0) is 37.8 Å². The van der Waals surface area contributed by atoms with Crippen LogP contribution in [0, 0.1) is 5.92 Å². The van der Waals surface area contributed by atoms with Crippen molar-refractivity contribution < 1.29 is 19.7 Å². The number of rotatable bonds is 1. The Hall–Kier alpha value is -1.39. The lowest BCUT2D eigenvalue weighted by molar-refractivity contribution is -0.137. The zero-order chi connectivity index (χ0) is 14.0. The molecule has 4 nitrogen and oxygen atoms in total. The normalized spacial score (nSPS) is 37.7. The predicted octanol–water partition coefficient (Wildman–Crippen LogP) is 1.49. The molecule has 2 aliphatic rings. The van der Waals surface area contributed by atoms with E-state index in [0.29, 0.717) is 5.57 Å². The van der Waals surface area contributed by atoms with E-state index in [4.69, 9.17) is 4.74 Å². The molecule has 0 bridgehead atoms. The van der Waals surface area contributed by atoms with E-state index >= 15 is 0 Å². The fourth-order valence-electron chi connectivity index (χ4n) is 2.67. The molecular weight excluding hydrogens is 244 g/mol. The second-order valence-corrected chi connectivity index (χ2v) is 5.26. The third-order valence-corrected chi connectivity index (χ3v) is 3.76. The maximum atomic E-state index is 11.6. The highest BCUT2D eigenvalue weighted by Gasteiger charge is 2.41. The van der Waals surface area contributed by atoms with E-state index in [9.17, 15) is 15.0 Å². The molecule has 1 heterocycles. The van der Waals surface area contributed by atoms with Crippen LogP contribution in [-0.4, -0.2) is 35.0 Å². The minimum atomic E-state index is -0.779. The Balaban J connectivity index is 2.36. The molecule has 0 saturated carbocycles. The second kappa shape index (κ2) is 5.72. The molecule has 1 saturated heterocycles. The Bertz CT molecular complexity index is 447. The fraction of sp³-hybridized carbons (Fsp3) is 0.533. The first-order valence-electron chi connectivity index (χ1n) is 6.58. The van der Waals surface area contributed by atoms with Crippen LogP contribution in [-0.2, 0) is 9.53 Å². The van der Waals surface area contributed by atoms with Gasteiger partial charge in [-0.2, -0.15) is 0 Å². The van der Waals surface area contributed by atoms with Gasteiger partial charge in [0.05, 0.1) is 18.6 Å². The minimum Gasteiger partial charge on any atom is -0.454 e. The standard InChI is InChI=1S/C15H20O4/c1-9-4-3-5-11(8-16)7-13-14(12(17)6-9)10(2)15(18)19-13/h6-7,12-14,16-17H,2-5,8H2,1H3/b9-6+,11-7-/t12-,13+,14?/m0/s1. The molecular formula is C15H20O4. The molecule has 0 amide bonds. The van der Waals surface area contributed by atoms with E-state index in [0.717, 1.165) is 30.4 Å². The first-order valence-corrected chi connectivity index (χ1v) is 6.58. The molecule has 1 aliphatic heterocycles. The van der Waals surface area contributed by atoms with Crippen LogP contribution in [0.5, 0.6) is 0 Å². The summed E-state index contributed by atoms with van der Waals surface area (Å²) in [5, 5.41) is 19.6. The molecule has 0 aromatic heterocycles. The number of aliphatic hydroxyl groups is 2. The van der Waals surface area contributed by atoms with Crippen molar-refractivity contribution in [2.75, 3.05) is 6.61 Å². The quantitative estimate of drug-likeness (QED) is 0.428. The molecule has 1 aliphatic carbocycles. The van der Waals surface area contributed by atoms with Crippen LogP contribution in [0.15, 0.2) is 35.5 Å². The van der Waals surface area contributed by atoms with Crippen molar-refractivity contribution in [2.45, 2.75) is 38.4 Å². The van der Waals surface area contributed by atoms with E-state index in [2.05, 4.69) is 6.58 Å². The monoisotopic (exact) mass is 264 g/mol. The smallest absolute Gasteiger partial charge is 0.334 e. The van der Waals surface area contributed by atoms with Crippen LogP contribution in [0.25, 0.3) is 0 Å². The Morgan fingerprint density at radius 1 is 1.42 bits per heavy atom. The summed E-state index contributed by atoms with van der Waals surface area (Å²) in [4.78, 5) is 11.6. The Labute approximate surface area is 113 Å². The van der Waals surface area contributed by atoms with Crippen molar-refractivity contribution in [3.05, 3.63) is 35.5 Å². The summed E-state index contributed by atoms with van der Waals surface area (Å²) in [6.45, 7) is 5.63. The summed E-state index contributed by atoms with van der Waals surface area (Å²) in [5.41, 5.74) is 2.23. The highest BCUT2D eigenvalue weighted by atomic mass is 16.6. The van der Waals surface area contributed by atoms with Gasteiger partial charge in [-0.3, -0.25) is 0 Å². The molecule has 19 heavy (non-hydrogen) atoms. The average Bonchev–Trinajstić information content (AvgIpc) is 2.63. The lowest BCUT2D eigenvalue weighted by Crippen LogP contribution is -2.27. The third-order valence-electron chi connectivity index (χ3n) is 3.76. The lowest BCUT2D eigenvalue weighted by Gasteiger charge is -2.21. The number of allylic oxidation sites excluding steroid dienone is 1. The van der Waals surface area contributed by atoms with E-state index in [1.807, 2.05) is 6.92 Å². The van der Waals surface area contributed by atoms with E-state index in [1.54, 1.807) is 12.2 Å². The van der Waals surface area contributed by atoms with Gasteiger partial charge in [-0.15, -0.1) is 0 Å². The topological polar surface area (TPSA) is 66.8 Å². The van der Waals surface area contributed by atoms with Crippen molar-refractivity contribution in [1.29, 1.82) is 0 Å². The summed E-state index contributed by atoms with van der Waals surface area (Å²) < 4.78 is 5.23. The van der Waals surface area contributed by atoms with Gasteiger partial charge < -0.3 is 14.9 Å². The maximum absolute atomic E-state index is 11.6. The Morgan fingerprint density at radius 2 is 2.16 bits per heavy atom. The van der Waals surface area contributed by atoms with Gasteiger partial charge in [0.15, 0.2) is 0 Å². The van der Waals surface area contributed by atoms with Crippen molar-refractivity contribution in [3.8, 4) is 0 Å². The van der Waals surface area contributed by atoms with Crippen molar-refractivity contribution >= 4 is 5.97 Å². The van der Waals surface area contributed by atoms with Crippen LogP contribution < -0.4 is 0 Å². The lowest BCUT2D eigenvalue weighted by atomic mass is 9.87. The van der Waals surface area contributed by atoms with E-state index in [-0.39, 0.29) is 6.61 Å². The number of carbonyl (C=O) groups is 1. The van der Waals surface area contributed by atoms with E-state index in [1.165, 1.54) is 0 Å². The van der Waals surface area contributed by atoms with Crippen LogP contribution in [0.4, 0.5) is 0 Å². The van der Waals surface area contributed by atoms with Crippen molar-refractivity contribution in [1.82, 2.24) is 0 Å². The number of hydrogen-bond acceptors (Lipinski definition) is 4. The first kappa shape index (κ1) is 14.0. The summed E-state index contributed by atoms with van der Waals surface area (Å²) in [7, 11) is 0. The third kappa shape index (κ3) is 2.96. The summed E-state index contributed by atoms with van der Waals surface area (Å²) in [6, 6.07) is 0. The van der Waals surface area contributed by atoms with Gasteiger partial charge in [0.1, 0.15) is 6.10 Å². The summed E-state index contributed by atoms with van der Waals surface area (Å²) >= 11 is 0. The Kier molecular flexibility index (Phi) is 4.22. The number of hydrogen-bond donors (Lipinski definition) is 2. The largest absolute Gasteiger partial charge is 0.454 e. The molecule has 2 rings (SSSR count). The number of aliphatic hydroxyl groups excluding tert-OH is 2. The molecule has 0 aromatic carbocycles. The number of fused-ring (bicyclic) bond motifs is 1. The summed E-state index contributed by atoms with van der Waals surface area (Å²) in [5.74, 6) is -0.921. The van der Waals surface area contributed by atoms with Crippen molar-refractivity contribution in [2.24, 2.45) is 5.92 Å². The highest BCUT2D eigenvalue weighted by molar-refractivity contribution is 5.91. The van der Waals surface area contributed by atoms with Crippen molar-refractivity contribution in [3.63, 3.8) is 0 Å². The van der Waals surface area contributed by atoms with Gasteiger partial charge in [-0.1, -0.05) is 18.2 Å². The Morgan fingerprint density at radius 3 is 2.84 bits per heavy atom. The molecule has 3 atom stereocenters. The molecule has 4 heteroatoms. The molecule has 0 radical (unpaired) electrons. The van der Waals surface area contributed by atoms with Gasteiger partial charge in [-0.25, -0.2) is 4.79 Å². The molecule has 2 N–H and O–H groups in total. The fourth-order valence-corrected chi connectivity index (χ4v) is 2.67. The van der Waals surface area contributed by atoms with Crippen LogP contribution in [0.1, 0.15) is 26.2 Å². The zero-order valence-corrected chi connectivity index (χ0v) is 11.1. The predicted molar refractivity (Wildman–Crippen MR) is 71.3 cm³/mol. The number of ether oxygens (including phenoxy) is 1. The average molecular weight is 264 g/mol. The molecule has 0 spiro atoms. The second-order valence-electron chi connectivity index (χ2n) is 5.26. The van der Waals surface area contributed by atoms with Gasteiger partial charge in [0.2, 0.25) is 0 Å². The molecule has 0 aromatic rings. The SMILES string of the molecule is C=C1C(=O)O[C@@H]2/C=C(\CO)CCC/C(C)=C/[C@H](O)C12. The molecule has 1 fully saturated rings. The maximum Gasteiger partial charge on any atom is 0.334 e. The number of esters is 1.